The van der Waals surface area contributed by atoms with Crippen molar-refractivity contribution < 1.29 is 0 Å². The Morgan fingerprint density at radius 1 is 1.67 bits per heavy atom. The molecule has 62 valence electrons. The number of nitriles is 1. The van der Waals surface area contributed by atoms with Crippen LogP contribution in [0.5, 0.6) is 0 Å². The highest BCUT2D eigenvalue weighted by Crippen LogP contribution is 2.03. The van der Waals surface area contributed by atoms with E-state index < -0.39 is 0 Å². The molecule has 0 atom stereocenters. The highest BCUT2D eigenvalue weighted by Gasteiger charge is 1.94. The number of pyridine rings is 1. The standard InChI is InChI=1S/C9H11N3/c1-8-6-11-4-2-9(8)7-12-5-3-10/h2,4,6,12H,5,7H2,1H3. The van der Waals surface area contributed by atoms with Gasteiger partial charge in [-0.1, -0.05) is 0 Å². The van der Waals surface area contributed by atoms with Gasteiger partial charge in [0.15, 0.2) is 0 Å². The molecule has 0 amide bonds. The molecule has 0 aliphatic heterocycles. The Balaban J connectivity index is 2.53. The van der Waals surface area contributed by atoms with Gasteiger partial charge in [-0.2, -0.15) is 5.26 Å². The molecule has 1 aromatic heterocycles. The molecule has 1 heterocycles. The molecular weight excluding hydrogens is 150 g/mol. The minimum atomic E-state index is 0.391. The van der Waals surface area contributed by atoms with E-state index in [0.717, 1.165) is 12.1 Å². The summed E-state index contributed by atoms with van der Waals surface area (Å²) in [5, 5.41) is 11.3. The Hall–Kier alpha value is -1.40. The molecule has 1 rings (SSSR count). The van der Waals surface area contributed by atoms with Gasteiger partial charge in [-0.15, -0.1) is 0 Å². The van der Waals surface area contributed by atoms with E-state index in [2.05, 4.69) is 10.3 Å². The Bertz CT molecular complexity index is 288. The van der Waals surface area contributed by atoms with Crippen molar-refractivity contribution in [3.05, 3.63) is 29.6 Å². The molecule has 0 aliphatic carbocycles. The molecule has 0 aromatic carbocycles. The first-order valence-corrected chi connectivity index (χ1v) is 3.81. The number of hydrogen-bond donors (Lipinski definition) is 1. The second-order valence-corrected chi connectivity index (χ2v) is 2.56. The average Bonchev–Trinajstić information content (AvgIpc) is 2.09. The summed E-state index contributed by atoms with van der Waals surface area (Å²) < 4.78 is 0. The zero-order chi connectivity index (χ0) is 8.81. The van der Waals surface area contributed by atoms with E-state index >= 15 is 0 Å². The van der Waals surface area contributed by atoms with Crippen LogP contribution in [0.25, 0.3) is 0 Å². The molecule has 1 N–H and O–H groups in total. The first-order chi connectivity index (χ1) is 5.84. The van der Waals surface area contributed by atoms with Crippen molar-refractivity contribution in [3.8, 4) is 6.07 Å². The van der Waals surface area contributed by atoms with Crippen molar-refractivity contribution in [1.29, 1.82) is 5.26 Å². The van der Waals surface area contributed by atoms with E-state index in [-0.39, 0.29) is 0 Å². The van der Waals surface area contributed by atoms with Crippen molar-refractivity contribution in [2.45, 2.75) is 13.5 Å². The normalized spacial score (nSPS) is 9.33. The van der Waals surface area contributed by atoms with E-state index in [9.17, 15) is 0 Å². The average molecular weight is 161 g/mol. The summed E-state index contributed by atoms with van der Waals surface area (Å²) in [6.45, 7) is 3.14. The summed E-state index contributed by atoms with van der Waals surface area (Å²) in [4.78, 5) is 3.98. The van der Waals surface area contributed by atoms with Crippen molar-refractivity contribution in [1.82, 2.24) is 10.3 Å². The Morgan fingerprint density at radius 3 is 3.17 bits per heavy atom. The van der Waals surface area contributed by atoms with E-state index in [1.54, 1.807) is 6.20 Å². The highest BCUT2D eigenvalue weighted by molar-refractivity contribution is 5.21. The van der Waals surface area contributed by atoms with Gasteiger partial charge in [-0.05, 0) is 24.1 Å². The van der Waals surface area contributed by atoms with Gasteiger partial charge in [0.25, 0.3) is 0 Å². The Kier molecular flexibility index (Phi) is 3.24. The zero-order valence-electron chi connectivity index (χ0n) is 7.04. The smallest absolute Gasteiger partial charge is 0.0843 e. The third-order valence-electron chi connectivity index (χ3n) is 1.66. The highest BCUT2D eigenvalue weighted by atomic mass is 14.8. The van der Waals surface area contributed by atoms with Gasteiger partial charge in [-0.25, -0.2) is 0 Å². The summed E-state index contributed by atoms with van der Waals surface area (Å²) in [6.07, 6.45) is 3.58. The van der Waals surface area contributed by atoms with E-state index in [4.69, 9.17) is 5.26 Å². The van der Waals surface area contributed by atoms with Crippen LogP contribution < -0.4 is 5.32 Å². The maximum atomic E-state index is 8.29. The maximum Gasteiger partial charge on any atom is 0.0843 e. The predicted molar refractivity (Wildman–Crippen MR) is 46.3 cm³/mol. The fraction of sp³-hybridized carbons (Fsp3) is 0.333. The van der Waals surface area contributed by atoms with Crippen LogP contribution in [0.2, 0.25) is 0 Å². The SMILES string of the molecule is Cc1cnccc1CNCC#N. The number of nitrogens with one attached hydrogen (secondary N) is 1. The lowest BCUT2D eigenvalue weighted by Gasteiger charge is -2.03. The lowest BCUT2D eigenvalue weighted by molar-refractivity contribution is 0.760. The maximum absolute atomic E-state index is 8.29. The predicted octanol–water partition coefficient (Wildman–Crippen LogP) is 1.00. The third kappa shape index (κ3) is 2.33. The largest absolute Gasteiger partial charge is 0.300 e. The molecule has 1 aromatic rings. The number of aromatic nitrogens is 1. The van der Waals surface area contributed by atoms with Crippen LogP contribution in [0.15, 0.2) is 18.5 Å². The number of nitrogens with zero attached hydrogens (tertiary/aromatic N) is 2. The molecule has 3 heteroatoms. The van der Waals surface area contributed by atoms with Crippen molar-refractivity contribution >= 4 is 0 Å². The van der Waals surface area contributed by atoms with Crippen LogP contribution in [0, 0.1) is 18.3 Å². The lowest BCUT2D eigenvalue weighted by atomic mass is 10.1. The molecule has 0 fully saturated rings. The van der Waals surface area contributed by atoms with Gasteiger partial charge >= 0.3 is 0 Å². The fourth-order valence-corrected chi connectivity index (χ4v) is 0.954. The molecule has 3 nitrogen and oxygen atoms in total. The Labute approximate surface area is 72.1 Å². The van der Waals surface area contributed by atoms with E-state index in [1.165, 1.54) is 5.56 Å². The van der Waals surface area contributed by atoms with Crippen LogP contribution in [0.4, 0.5) is 0 Å². The summed E-state index contributed by atoms with van der Waals surface area (Å²) >= 11 is 0. The van der Waals surface area contributed by atoms with Gasteiger partial charge in [0.1, 0.15) is 0 Å². The summed E-state index contributed by atoms with van der Waals surface area (Å²) in [7, 11) is 0. The van der Waals surface area contributed by atoms with Gasteiger partial charge in [0.2, 0.25) is 0 Å². The Morgan fingerprint density at radius 2 is 2.50 bits per heavy atom. The molecule has 0 unspecified atom stereocenters. The number of hydrogen-bond acceptors (Lipinski definition) is 3. The van der Waals surface area contributed by atoms with Crippen LogP contribution in [-0.2, 0) is 6.54 Å². The molecule has 0 bridgehead atoms. The van der Waals surface area contributed by atoms with Crippen molar-refractivity contribution in [2.24, 2.45) is 0 Å². The summed E-state index contributed by atoms with van der Waals surface area (Å²) in [5.41, 5.74) is 2.35. The van der Waals surface area contributed by atoms with Gasteiger partial charge in [0.05, 0.1) is 12.6 Å². The monoisotopic (exact) mass is 161 g/mol. The molecule has 0 saturated carbocycles. The topological polar surface area (TPSA) is 48.7 Å². The van der Waals surface area contributed by atoms with Gasteiger partial charge < -0.3 is 5.32 Å². The molecule has 0 spiro atoms. The van der Waals surface area contributed by atoms with Crippen LogP contribution in [-0.4, -0.2) is 11.5 Å². The van der Waals surface area contributed by atoms with Crippen LogP contribution in [0.3, 0.4) is 0 Å². The molecule has 12 heavy (non-hydrogen) atoms. The van der Waals surface area contributed by atoms with Crippen LogP contribution >= 0.6 is 0 Å². The summed E-state index contributed by atoms with van der Waals surface area (Å²) in [5.74, 6) is 0. The minimum absolute atomic E-state index is 0.391. The quantitative estimate of drug-likeness (QED) is 0.531. The second kappa shape index (κ2) is 4.47. The first kappa shape index (κ1) is 8.69. The van der Waals surface area contributed by atoms with Gasteiger partial charge in [0, 0.05) is 18.9 Å². The van der Waals surface area contributed by atoms with Crippen molar-refractivity contribution in [3.63, 3.8) is 0 Å². The van der Waals surface area contributed by atoms with E-state index in [1.807, 2.05) is 25.3 Å². The number of rotatable bonds is 3. The van der Waals surface area contributed by atoms with Crippen LogP contribution in [0.1, 0.15) is 11.1 Å². The lowest BCUT2D eigenvalue weighted by Crippen LogP contribution is -2.13. The van der Waals surface area contributed by atoms with Crippen molar-refractivity contribution in [2.75, 3.05) is 6.54 Å². The molecular formula is C9H11N3. The molecule has 0 radical (unpaired) electrons. The fourth-order valence-electron chi connectivity index (χ4n) is 0.954. The van der Waals surface area contributed by atoms with Gasteiger partial charge in [-0.3, -0.25) is 4.98 Å². The zero-order valence-corrected chi connectivity index (χ0v) is 7.04. The molecule has 0 aliphatic rings. The third-order valence-corrected chi connectivity index (χ3v) is 1.66. The molecule has 0 saturated heterocycles. The second-order valence-electron chi connectivity index (χ2n) is 2.56. The minimum Gasteiger partial charge on any atom is -0.300 e. The first-order valence-electron chi connectivity index (χ1n) is 3.81. The summed E-state index contributed by atoms with van der Waals surface area (Å²) in [6, 6.07) is 3.99. The van der Waals surface area contributed by atoms with E-state index in [0.29, 0.717) is 6.54 Å². The number of aryl methyl sites for hydroxylation is 1.